The molecule has 0 bridgehead atoms. The number of anilines is 2. The van der Waals surface area contributed by atoms with Gasteiger partial charge >= 0.3 is 12.1 Å². The summed E-state index contributed by atoms with van der Waals surface area (Å²) < 4.78 is 35.7. The Morgan fingerprint density at radius 3 is 2.53 bits per heavy atom. The van der Waals surface area contributed by atoms with Crippen molar-refractivity contribution >= 4 is 23.1 Å². The predicted octanol–water partition coefficient (Wildman–Crippen LogP) is 1.07. The van der Waals surface area contributed by atoms with E-state index in [1.54, 1.807) is 0 Å². The summed E-state index contributed by atoms with van der Waals surface area (Å²) in [6.07, 6.45) is -4.40. The molecule has 0 saturated heterocycles. The van der Waals surface area contributed by atoms with E-state index in [0.717, 1.165) is 6.07 Å². The minimum atomic E-state index is -5.09. The van der Waals surface area contributed by atoms with Crippen molar-refractivity contribution in [3.05, 3.63) is 22.4 Å². The van der Waals surface area contributed by atoms with Crippen LogP contribution >= 0.6 is 0 Å². The van der Waals surface area contributed by atoms with Crippen LogP contribution in [0.3, 0.4) is 0 Å². The molecule has 0 spiro atoms. The van der Waals surface area contributed by atoms with Gasteiger partial charge in [-0.1, -0.05) is 0 Å². The van der Waals surface area contributed by atoms with Crippen molar-refractivity contribution in [2.45, 2.75) is 6.18 Å². The second-order valence-electron chi connectivity index (χ2n) is 2.84. The zero-order chi connectivity index (χ0) is 13.2. The Bertz CT molecular complexity index is 474. The fourth-order valence-electron chi connectivity index (χ4n) is 0.853. The van der Waals surface area contributed by atoms with E-state index < -0.39 is 34.2 Å². The van der Waals surface area contributed by atoms with Gasteiger partial charge in [-0.15, -0.1) is 0 Å². The maximum Gasteiger partial charge on any atom is 0.471 e. The number of rotatable bonds is 2. The Balaban J connectivity index is 2.95. The van der Waals surface area contributed by atoms with Crippen LogP contribution in [-0.2, 0) is 4.79 Å². The molecule has 0 aliphatic carbocycles. The second-order valence-corrected chi connectivity index (χ2v) is 2.84. The molecule has 0 aliphatic rings. The third-order valence-corrected chi connectivity index (χ3v) is 1.60. The van der Waals surface area contributed by atoms with Crippen molar-refractivity contribution in [2.24, 2.45) is 0 Å². The van der Waals surface area contributed by atoms with E-state index in [4.69, 9.17) is 5.73 Å². The van der Waals surface area contributed by atoms with Crippen molar-refractivity contribution in [1.82, 2.24) is 4.98 Å². The predicted molar refractivity (Wildman–Crippen MR) is 50.0 cm³/mol. The number of halogens is 3. The van der Waals surface area contributed by atoms with Gasteiger partial charge in [0.25, 0.3) is 5.69 Å². The molecule has 1 aromatic rings. The fourth-order valence-corrected chi connectivity index (χ4v) is 0.853. The first-order valence-electron chi connectivity index (χ1n) is 4.00. The Labute approximate surface area is 91.6 Å². The highest BCUT2D eigenvalue weighted by molar-refractivity contribution is 5.96. The van der Waals surface area contributed by atoms with E-state index in [1.165, 1.54) is 5.32 Å². The number of nitro groups is 1. The smallest absolute Gasteiger partial charge is 0.396 e. The lowest BCUT2D eigenvalue weighted by atomic mass is 10.3. The van der Waals surface area contributed by atoms with Crippen LogP contribution in [0.15, 0.2) is 12.3 Å². The summed E-state index contributed by atoms with van der Waals surface area (Å²) in [5, 5.41) is 11.7. The minimum absolute atomic E-state index is 0.434. The Morgan fingerprint density at radius 1 is 1.53 bits per heavy atom. The van der Waals surface area contributed by atoms with E-state index in [2.05, 4.69) is 4.98 Å². The first kappa shape index (κ1) is 12.7. The first-order chi connectivity index (χ1) is 7.71. The molecule has 7 nitrogen and oxygen atoms in total. The third kappa shape index (κ3) is 3.03. The number of nitrogen functional groups attached to an aromatic ring is 1. The van der Waals surface area contributed by atoms with Gasteiger partial charge in [-0.05, 0) is 0 Å². The van der Waals surface area contributed by atoms with E-state index in [9.17, 15) is 28.1 Å². The minimum Gasteiger partial charge on any atom is -0.396 e. The van der Waals surface area contributed by atoms with Gasteiger partial charge in [-0.25, -0.2) is 4.98 Å². The van der Waals surface area contributed by atoms with Gasteiger partial charge in [0.05, 0.1) is 10.6 Å². The highest BCUT2D eigenvalue weighted by Gasteiger charge is 2.39. The van der Waals surface area contributed by atoms with Gasteiger partial charge in [0.15, 0.2) is 5.82 Å². The van der Waals surface area contributed by atoms with Crippen LogP contribution in [-0.4, -0.2) is 22.0 Å². The summed E-state index contributed by atoms with van der Waals surface area (Å²) in [4.78, 5) is 23.3. The molecular weight excluding hydrogens is 245 g/mol. The van der Waals surface area contributed by atoms with Gasteiger partial charge in [0, 0.05) is 6.07 Å². The number of nitrogens with two attached hydrogens (primary N) is 1. The van der Waals surface area contributed by atoms with Crippen molar-refractivity contribution < 1.29 is 22.9 Å². The van der Waals surface area contributed by atoms with Crippen LogP contribution < -0.4 is 11.1 Å². The molecule has 92 valence electrons. The lowest BCUT2D eigenvalue weighted by Crippen LogP contribution is -2.30. The van der Waals surface area contributed by atoms with Crippen LogP contribution in [0.4, 0.5) is 30.4 Å². The van der Waals surface area contributed by atoms with E-state index in [0.29, 0.717) is 6.20 Å². The molecule has 1 aromatic heterocycles. The zero-order valence-corrected chi connectivity index (χ0v) is 7.99. The topological polar surface area (TPSA) is 111 Å². The van der Waals surface area contributed by atoms with Crippen molar-refractivity contribution in [1.29, 1.82) is 0 Å². The average molecular weight is 250 g/mol. The molecular formula is C7H5F3N4O3. The van der Waals surface area contributed by atoms with Gasteiger partial charge in [-0.3, -0.25) is 14.9 Å². The van der Waals surface area contributed by atoms with Gasteiger partial charge in [-0.2, -0.15) is 13.2 Å². The molecule has 10 heteroatoms. The standard InChI is InChI=1S/C7H5F3N4O3/c8-7(9,10)6(15)13-5-4(11)1-3(2-12-5)14(16)17/h1-2H,11H2,(H,12,13,15). The van der Waals surface area contributed by atoms with Crippen molar-refractivity contribution in [3.8, 4) is 0 Å². The number of hydrogen-bond donors (Lipinski definition) is 2. The number of alkyl halides is 3. The summed E-state index contributed by atoms with van der Waals surface area (Å²) in [5.41, 5.74) is 4.28. The largest absolute Gasteiger partial charge is 0.471 e. The van der Waals surface area contributed by atoms with Gasteiger partial charge in [0.2, 0.25) is 0 Å². The summed E-state index contributed by atoms with van der Waals surface area (Å²) in [6, 6.07) is 0.791. The van der Waals surface area contributed by atoms with Gasteiger partial charge < -0.3 is 11.1 Å². The fraction of sp³-hybridized carbons (Fsp3) is 0.143. The molecule has 0 fully saturated rings. The highest BCUT2D eigenvalue weighted by Crippen LogP contribution is 2.23. The second kappa shape index (κ2) is 4.23. The van der Waals surface area contributed by atoms with Crippen LogP contribution in [0.2, 0.25) is 0 Å². The number of pyridine rings is 1. The lowest BCUT2D eigenvalue weighted by Gasteiger charge is -2.08. The molecule has 3 N–H and O–H groups in total. The number of hydrogen-bond acceptors (Lipinski definition) is 5. The maximum absolute atomic E-state index is 11.9. The molecule has 0 aromatic carbocycles. The van der Waals surface area contributed by atoms with Crippen LogP contribution in [0, 0.1) is 10.1 Å². The van der Waals surface area contributed by atoms with E-state index >= 15 is 0 Å². The summed E-state index contributed by atoms with van der Waals surface area (Å²) in [7, 11) is 0. The molecule has 1 heterocycles. The monoisotopic (exact) mass is 250 g/mol. The Kier molecular flexibility index (Phi) is 3.16. The number of nitrogens with zero attached hydrogens (tertiary/aromatic N) is 2. The Morgan fingerprint density at radius 2 is 2.12 bits per heavy atom. The SMILES string of the molecule is Nc1cc([N+](=O)[O-])cnc1NC(=O)C(F)(F)F. The molecule has 0 radical (unpaired) electrons. The zero-order valence-electron chi connectivity index (χ0n) is 7.99. The van der Waals surface area contributed by atoms with Crippen LogP contribution in [0.25, 0.3) is 0 Å². The molecule has 1 rings (SSSR count). The number of carbonyl (C=O) groups excluding carboxylic acids is 1. The number of carbonyl (C=O) groups is 1. The quantitative estimate of drug-likeness (QED) is 0.602. The lowest BCUT2D eigenvalue weighted by molar-refractivity contribution is -0.385. The van der Waals surface area contributed by atoms with Gasteiger partial charge in [0.1, 0.15) is 6.20 Å². The molecule has 1 amide bonds. The number of amides is 1. The molecule has 17 heavy (non-hydrogen) atoms. The van der Waals surface area contributed by atoms with Crippen LogP contribution in [0.5, 0.6) is 0 Å². The summed E-state index contributed by atoms with van der Waals surface area (Å²) >= 11 is 0. The summed E-state index contributed by atoms with van der Waals surface area (Å²) in [5.74, 6) is -2.84. The molecule has 0 unspecified atom stereocenters. The van der Waals surface area contributed by atoms with Crippen LogP contribution in [0.1, 0.15) is 0 Å². The normalized spacial score (nSPS) is 11.0. The average Bonchev–Trinajstić information content (AvgIpc) is 2.19. The number of nitrogens with one attached hydrogen (secondary N) is 1. The molecule has 0 saturated carbocycles. The summed E-state index contributed by atoms with van der Waals surface area (Å²) in [6.45, 7) is 0. The third-order valence-electron chi connectivity index (χ3n) is 1.60. The Hall–Kier alpha value is -2.39. The number of aromatic nitrogens is 1. The molecule has 0 aliphatic heterocycles. The highest BCUT2D eigenvalue weighted by atomic mass is 19.4. The maximum atomic E-state index is 11.9. The van der Waals surface area contributed by atoms with E-state index in [-0.39, 0.29) is 0 Å². The van der Waals surface area contributed by atoms with E-state index in [1.807, 2.05) is 0 Å². The first-order valence-corrected chi connectivity index (χ1v) is 4.00. The van der Waals surface area contributed by atoms with Crippen molar-refractivity contribution in [3.63, 3.8) is 0 Å². The molecule has 0 atom stereocenters. The van der Waals surface area contributed by atoms with Crippen molar-refractivity contribution in [2.75, 3.05) is 11.1 Å².